The van der Waals surface area contributed by atoms with Crippen LogP contribution in [-0.4, -0.2) is 9.55 Å². The second-order valence-corrected chi connectivity index (χ2v) is 6.26. The van der Waals surface area contributed by atoms with Crippen molar-refractivity contribution in [3.8, 4) is 5.69 Å². The lowest BCUT2D eigenvalue weighted by atomic mass is 10.2. The van der Waals surface area contributed by atoms with Crippen molar-refractivity contribution in [1.82, 2.24) is 9.55 Å². The van der Waals surface area contributed by atoms with Gasteiger partial charge in [-0.15, -0.1) is 11.6 Å². The molecular weight excluding hydrogens is 410 g/mol. The highest BCUT2D eigenvalue weighted by Crippen LogP contribution is 2.30. The number of imidazole rings is 1. The molecule has 0 bridgehead atoms. The molecule has 0 spiro atoms. The molecule has 0 atom stereocenters. The van der Waals surface area contributed by atoms with Gasteiger partial charge in [-0.1, -0.05) is 15.9 Å². The van der Waals surface area contributed by atoms with Crippen LogP contribution in [0.3, 0.4) is 0 Å². The van der Waals surface area contributed by atoms with Crippen LogP contribution in [0.15, 0.2) is 45.3 Å². The van der Waals surface area contributed by atoms with E-state index < -0.39 is 0 Å². The topological polar surface area (TPSA) is 17.8 Å². The summed E-state index contributed by atoms with van der Waals surface area (Å²) in [4.78, 5) is 4.51. The third kappa shape index (κ3) is 2.38. The van der Waals surface area contributed by atoms with Gasteiger partial charge in [0.05, 0.1) is 22.6 Å². The van der Waals surface area contributed by atoms with Crippen LogP contribution in [0.5, 0.6) is 0 Å². The molecule has 102 valence electrons. The molecule has 0 aliphatic heterocycles. The van der Waals surface area contributed by atoms with Gasteiger partial charge in [-0.3, -0.25) is 4.57 Å². The molecule has 2 aromatic carbocycles. The number of fused-ring (bicyclic) bond motifs is 1. The van der Waals surface area contributed by atoms with E-state index in [0.717, 1.165) is 21.2 Å². The first kappa shape index (κ1) is 14.0. The molecule has 1 heterocycles. The summed E-state index contributed by atoms with van der Waals surface area (Å²) in [6.45, 7) is 0. The summed E-state index contributed by atoms with van der Waals surface area (Å²) in [5, 5.41) is 0. The fourth-order valence-electron chi connectivity index (χ4n) is 2.12. The molecule has 0 radical (unpaired) electrons. The number of hydrogen-bond acceptors (Lipinski definition) is 1. The van der Waals surface area contributed by atoms with Gasteiger partial charge in [0.2, 0.25) is 0 Å². The highest BCUT2D eigenvalue weighted by atomic mass is 79.9. The molecule has 1 aromatic heterocycles. The van der Waals surface area contributed by atoms with Crippen molar-refractivity contribution < 1.29 is 4.39 Å². The van der Waals surface area contributed by atoms with Crippen molar-refractivity contribution in [2.45, 2.75) is 5.88 Å². The summed E-state index contributed by atoms with van der Waals surface area (Å²) in [7, 11) is 0. The Morgan fingerprint density at radius 2 is 1.95 bits per heavy atom. The molecule has 0 fully saturated rings. The van der Waals surface area contributed by atoms with Gasteiger partial charge in [-0.25, -0.2) is 9.37 Å². The molecule has 0 amide bonds. The average molecular weight is 418 g/mol. The van der Waals surface area contributed by atoms with Gasteiger partial charge in [0.15, 0.2) is 0 Å². The SMILES string of the molecule is Fc1ccc(-n2c(CCl)nc3ccc(Br)cc32)c(Br)c1. The molecule has 0 aliphatic rings. The van der Waals surface area contributed by atoms with Crippen LogP contribution in [0.4, 0.5) is 4.39 Å². The summed E-state index contributed by atoms with van der Waals surface area (Å²) >= 11 is 12.8. The van der Waals surface area contributed by atoms with Crippen LogP contribution in [0, 0.1) is 5.82 Å². The molecule has 0 saturated heterocycles. The van der Waals surface area contributed by atoms with E-state index in [-0.39, 0.29) is 11.7 Å². The lowest BCUT2D eigenvalue weighted by molar-refractivity contribution is 0.626. The monoisotopic (exact) mass is 416 g/mol. The van der Waals surface area contributed by atoms with Gasteiger partial charge in [0.25, 0.3) is 0 Å². The number of rotatable bonds is 2. The zero-order valence-electron chi connectivity index (χ0n) is 10.1. The lowest BCUT2D eigenvalue weighted by Gasteiger charge is -2.10. The van der Waals surface area contributed by atoms with Crippen molar-refractivity contribution in [3.63, 3.8) is 0 Å². The Kier molecular flexibility index (Phi) is 3.84. The minimum Gasteiger partial charge on any atom is -0.294 e. The number of benzene rings is 2. The van der Waals surface area contributed by atoms with Crippen LogP contribution in [0.1, 0.15) is 5.82 Å². The third-order valence-electron chi connectivity index (χ3n) is 2.96. The van der Waals surface area contributed by atoms with Crippen molar-refractivity contribution in [1.29, 1.82) is 0 Å². The van der Waals surface area contributed by atoms with Crippen molar-refractivity contribution in [2.75, 3.05) is 0 Å². The molecule has 6 heteroatoms. The van der Waals surface area contributed by atoms with Gasteiger partial charge in [-0.2, -0.15) is 0 Å². The zero-order valence-corrected chi connectivity index (χ0v) is 14.0. The maximum Gasteiger partial charge on any atom is 0.129 e. The molecule has 0 unspecified atom stereocenters. The fourth-order valence-corrected chi connectivity index (χ4v) is 3.18. The van der Waals surface area contributed by atoms with Crippen molar-refractivity contribution >= 4 is 54.5 Å². The summed E-state index contributed by atoms with van der Waals surface area (Å²) in [5.74, 6) is 0.696. The van der Waals surface area contributed by atoms with Crippen LogP contribution in [0.2, 0.25) is 0 Å². The van der Waals surface area contributed by atoms with Crippen molar-refractivity contribution in [3.05, 3.63) is 57.0 Å². The smallest absolute Gasteiger partial charge is 0.129 e. The van der Waals surface area contributed by atoms with E-state index in [2.05, 4.69) is 36.8 Å². The number of aromatic nitrogens is 2. The van der Waals surface area contributed by atoms with E-state index in [0.29, 0.717) is 10.3 Å². The summed E-state index contributed by atoms with van der Waals surface area (Å²) in [5.41, 5.74) is 2.57. The van der Waals surface area contributed by atoms with E-state index in [1.54, 1.807) is 6.07 Å². The number of hydrogen-bond donors (Lipinski definition) is 0. The van der Waals surface area contributed by atoms with E-state index in [1.807, 2.05) is 22.8 Å². The van der Waals surface area contributed by atoms with Crippen LogP contribution >= 0.6 is 43.5 Å². The van der Waals surface area contributed by atoms with E-state index in [1.165, 1.54) is 12.1 Å². The highest BCUT2D eigenvalue weighted by molar-refractivity contribution is 9.10. The van der Waals surface area contributed by atoms with Gasteiger partial charge < -0.3 is 0 Å². The van der Waals surface area contributed by atoms with E-state index in [9.17, 15) is 4.39 Å². The minimum absolute atomic E-state index is 0.274. The number of halogens is 4. The molecule has 3 aromatic rings. The Labute approximate surface area is 136 Å². The Bertz CT molecular complexity index is 801. The van der Waals surface area contributed by atoms with Crippen LogP contribution in [0.25, 0.3) is 16.7 Å². The molecule has 0 saturated carbocycles. The quantitative estimate of drug-likeness (QED) is 0.508. The maximum atomic E-state index is 13.3. The average Bonchev–Trinajstić information content (AvgIpc) is 2.76. The Hall–Kier alpha value is -0.910. The van der Waals surface area contributed by atoms with Crippen molar-refractivity contribution in [2.24, 2.45) is 0 Å². The Morgan fingerprint density at radius 1 is 1.15 bits per heavy atom. The van der Waals surface area contributed by atoms with E-state index in [4.69, 9.17) is 11.6 Å². The normalized spacial score (nSPS) is 11.2. The molecule has 0 N–H and O–H groups in total. The standard InChI is InChI=1S/C14H8Br2ClFN2/c15-8-1-3-11-13(5-8)20(14(7-17)19-11)12-4-2-9(18)6-10(12)16/h1-6H,7H2. The van der Waals surface area contributed by atoms with Gasteiger partial charge in [0.1, 0.15) is 11.6 Å². The third-order valence-corrected chi connectivity index (χ3v) is 4.32. The Morgan fingerprint density at radius 3 is 2.65 bits per heavy atom. The van der Waals surface area contributed by atoms with Crippen LogP contribution < -0.4 is 0 Å². The number of nitrogens with zero attached hydrogens (tertiary/aromatic N) is 2. The fraction of sp³-hybridized carbons (Fsp3) is 0.0714. The van der Waals surface area contributed by atoms with Crippen LogP contribution in [-0.2, 0) is 5.88 Å². The predicted octanol–water partition coefficient (Wildman–Crippen LogP) is 5.43. The molecular formula is C14H8Br2ClFN2. The second-order valence-electron chi connectivity index (χ2n) is 4.23. The molecule has 3 rings (SSSR count). The van der Waals surface area contributed by atoms with Gasteiger partial charge in [-0.05, 0) is 52.3 Å². The first-order valence-corrected chi connectivity index (χ1v) is 7.90. The van der Waals surface area contributed by atoms with Gasteiger partial charge in [0, 0.05) is 8.95 Å². The molecule has 0 aliphatic carbocycles. The minimum atomic E-state index is -0.293. The largest absolute Gasteiger partial charge is 0.294 e. The highest BCUT2D eigenvalue weighted by Gasteiger charge is 2.14. The summed E-state index contributed by atoms with van der Waals surface area (Å²) in [6, 6.07) is 10.4. The second kappa shape index (κ2) is 5.47. The predicted molar refractivity (Wildman–Crippen MR) is 86.0 cm³/mol. The molecule has 20 heavy (non-hydrogen) atoms. The van der Waals surface area contributed by atoms with Gasteiger partial charge >= 0.3 is 0 Å². The Balaban J connectivity index is 2.36. The first-order valence-electron chi connectivity index (χ1n) is 5.78. The summed E-state index contributed by atoms with van der Waals surface area (Å²) in [6.07, 6.45) is 0. The molecule has 2 nitrogen and oxygen atoms in total. The first-order chi connectivity index (χ1) is 9.60. The maximum absolute atomic E-state index is 13.3. The zero-order chi connectivity index (χ0) is 14.3. The lowest BCUT2D eigenvalue weighted by Crippen LogP contribution is -2.00. The summed E-state index contributed by atoms with van der Waals surface area (Å²) < 4.78 is 16.8. The number of alkyl halides is 1. The van der Waals surface area contributed by atoms with E-state index >= 15 is 0 Å².